The van der Waals surface area contributed by atoms with E-state index >= 15 is 0 Å². The van der Waals surface area contributed by atoms with E-state index in [1.807, 2.05) is 6.07 Å². The molecule has 0 aliphatic rings. The van der Waals surface area contributed by atoms with Gasteiger partial charge in [0.2, 0.25) is 0 Å². The van der Waals surface area contributed by atoms with Gasteiger partial charge in [-0.15, -0.1) is 0 Å². The van der Waals surface area contributed by atoms with E-state index in [-0.39, 0.29) is 26.9 Å². The number of carboxylic acids is 1. The topological polar surface area (TPSA) is 123 Å². The van der Waals surface area contributed by atoms with Crippen LogP contribution in [0.15, 0.2) is 35.4 Å². The highest BCUT2D eigenvalue weighted by Gasteiger charge is 2.18. The molecule has 2 aromatic rings. The molecule has 0 aliphatic carbocycles. The summed E-state index contributed by atoms with van der Waals surface area (Å²) in [5, 5.41) is 17.8. The summed E-state index contributed by atoms with van der Waals surface area (Å²) in [6.07, 6.45) is 1.06. The number of halogens is 1. The Morgan fingerprint density at radius 3 is 2.67 bits per heavy atom. The molecule has 3 N–H and O–H groups in total. The Labute approximate surface area is 124 Å². The summed E-state index contributed by atoms with van der Waals surface area (Å²) in [6, 6.07) is 6.88. The Hall–Kier alpha value is -2.50. The molecule has 0 fully saturated rings. The van der Waals surface area contributed by atoms with Gasteiger partial charge in [0.1, 0.15) is 16.7 Å². The number of aromatic carboxylic acids is 1. The quantitative estimate of drug-likeness (QED) is 0.793. The minimum Gasteiger partial charge on any atom is -0.477 e. The van der Waals surface area contributed by atoms with Crippen molar-refractivity contribution in [3.63, 3.8) is 0 Å². The van der Waals surface area contributed by atoms with Gasteiger partial charge >= 0.3 is 5.97 Å². The molecule has 21 heavy (non-hydrogen) atoms. The summed E-state index contributed by atoms with van der Waals surface area (Å²) in [5.41, 5.74) is 0.0235. The molecule has 0 amide bonds. The first kappa shape index (κ1) is 14.9. The molecule has 0 atom stereocenters. The Balaban J connectivity index is 2.33. The number of nitrogens with zero attached hydrogens (tertiary/aromatic N) is 1. The van der Waals surface area contributed by atoms with Gasteiger partial charge in [0.15, 0.2) is 0 Å². The number of hydrogen-bond donors (Lipinski definition) is 3. The van der Waals surface area contributed by atoms with Crippen molar-refractivity contribution in [3.05, 3.63) is 46.7 Å². The van der Waals surface area contributed by atoms with Crippen LogP contribution < -0.4 is 4.72 Å². The maximum Gasteiger partial charge on any atom is 0.352 e. The summed E-state index contributed by atoms with van der Waals surface area (Å²) < 4.78 is 26.4. The minimum atomic E-state index is -3.96. The zero-order valence-electron chi connectivity index (χ0n) is 10.3. The van der Waals surface area contributed by atoms with Crippen molar-refractivity contribution >= 4 is 33.3 Å². The monoisotopic (exact) mass is 325 g/mol. The average Bonchev–Trinajstić information content (AvgIpc) is 2.91. The maximum absolute atomic E-state index is 12.1. The predicted molar refractivity (Wildman–Crippen MR) is 74.7 cm³/mol. The van der Waals surface area contributed by atoms with Crippen LogP contribution in [0.1, 0.15) is 16.1 Å². The highest BCUT2D eigenvalue weighted by molar-refractivity contribution is 7.92. The third-order valence-electron chi connectivity index (χ3n) is 2.54. The van der Waals surface area contributed by atoms with Crippen LogP contribution in [0, 0.1) is 11.3 Å². The maximum atomic E-state index is 12.1. The van der Waals surface area contributed by atoms with Crippen LogP contribution in [0.4, 0.5) is 5.69 Å². The number of aromatic nitrogens is 1. The van der Waals surface area contributed by atoms with Crippen LogP contribution in [0.25, 0.3) is 0 Å². The number of anilines is 1. The van der Waals surface area contributed by atoms with Gasteiger partial charge in [-0.2, -0.15) is 5.26 Å². The Morgan fingerprint density at radius 1 is 1.38 bits per heavy atom. The second kappa shape index (κ2) is 5.47. The second-order valence-corrected chi connectivity index (χ2v) is 6.06. The van der Waals surface area contributed by atoms with Crippen LogP contribution in [-0.4, -0.2) is 24.5 Å². The normalized spacial score (nSPS) is 10.9. The first-order valence-electron chi connectivity index (χ1n) is 5.47. The van der Waals surface area contributed by atoms with Gasteiger partial charge in [0.05, 0.1) is 16.3 Å². The van der Waals surface area contributed by atoms with E-state index in [9.17, 15) is 13.2 Å². The third kappa shape index (κ3) is 3.16. The number of carboxylic acid groups (broad SMARTS) is 1. The number of rotatable bonds is 4. The molecule has 0 saturated heterocycles. The molecule has 0 unspecified atom stereocenters. The summed E-state index contributed by atoms with van der Waals surface area (Å²) in [4.78, 5) is 12.8. The van der Waals surface area contributed by atoms with Crippen molar-refractivity contribution in [2.24, 2.45) is 0 Å². The SMILES string of the molecule is N#Cc1cc(NS(=O)(=O)c2c[nH]c(C(=O)O)c2)ccc1Cl. The zero-order chi connectivity index (χ0) is 15.6. The number of hydrogen-bond acceptors (Lipinski definition) is 4. The van der Waals surface area contributed by atoms with E-state index in [0.29, 0.717) is 0 Å². The fourth-order valence-electron chi connectivity index (χ4n) is 1.54. The van der Waals surface area contributed by atoms with Crippen molar-refractivity contribution in [2.45, 2.75) is 4.90 Å². The first-order chi connectivity index (χ1) is 9.83. The molecule has 1 aromatic carbocycles. The van der Waals surface area contributed by atoms with E-state index < -0.39 is 16.0 Å². The largest absolute Gasteiger partial charge is 0.477 e. The number of H-pyrrole nitrogens is 1. The lowest BCUT2D eigenvalue weighted by Crippen LogP contribution is -2.12. The molecule has 0 radical (unpaired) electrons. The highest BCUT2D eigenvalue weighted by Crippen LogP contribution is 2.22. The molecule has 1 heterocycles. The molecule has 0 bridgehead atoms. The fraction of sp³-hybridized carbons (Fsp3) is 0. The fourth-order valence-corrected chi connectivity index (χ4v) is 2.74. The van der Waals surface area contributed by atoms with Gasteiger partial charge in [-0.3, -0.25) is 4.72 Å². The molecule has 0 spiro atoms. The number of sulfonamides is 1. The second-order valence-electron chi connectivity index (χ2n) is 3.97. The molecule has 2 rings (SSSR count). The van der Waals surface area contributed by atoms with Crippen LogP contribution in [-0.2, 0) is 10.0 Å². The predicted octanol–water partition coefficient (Wildman–Crippen LogP) is 2.04. The number of aromatic amines is 1. The van der Waals surface area contributed by atoms with Crippen molar-refractivity contribution in [1.82, 2.24) is 4.98 Å². The molecular weight excluding hydrogens is 318 g/mol. The minimum absolute atomic E-state index is 0.122. The lowest BCUT2D eigenvalue weighted by Gasteiger charge is -2.07. The van der Waals surface area contributed by atoms with E-state index in [2.05, 4.69) is 9.71 Å². The van der Waals surface area contributed by atoms with E-state index in [1.165, 1.54) is 18.2 Å². The Bertz CT molecular complexity index is 852. The van der Waals surface area contributed by atoms with Gasteiger partial charge in [0, 0.05) is 6.20 Å². The van der Waals surface area contributed by atoms with Crippen molar-refractivity contribution in [3.8, 4) is 6.07 Å². The van der Waals surface area contributed by atoms with E-state index in [1.54, 1.807) is 0 Å². The number of benzene rings is 1. The van der Waals surface area contributed by atoms with Crippen molar-refractivity contribution in [1.29, 1.82) is 5.26 Å². The molecule has 0 saturated carbocycles. The van der Waals surface area contributed by atoms with Crippen molar-refractivity contribution in [2.75, 3.05) is 4.72 Å². The summed E-state index contributed by atoms with van der Waals surface area (Å²) in [7, 11) is -3.96. The Kier molecular flexibility index (Phi) is 3.88. The van der Waals surface area contributed by atoms with Gasteiger partial charge in [-0.05, 0) is 24.3 Å². The van der Waals surface area contributed by atoms with Gasteiger partial charge in [-0.1, -0.05) is 11.6 Å². The van der Waals surface area contributed by atoms with E-state index in [0.717, 1.165) is 12.3 Å². The summed E-state index contributed by atoms with van der Waals surface area (Å²) in [5.74, 6) is -1.27. The molecule has 0 aliphatic heterocycles. The van der Waals surface area contributed by atoms with Gasteiger partial charge in [-0.25, -0.2) is 13.2 Å². The molecule has 7 nitrogen and oxygen atoms in total. The average molecular weight is 326 g/mol. The molecule has 9 heteroatoms. The van der Waals surface area contributed by atoms with Crippen LogP contribution >= 0.6 is 11.6 Å². The molecule has 1 aromatic heterocycles. The standard InChI is InChI=1S/C12H8ClN3O4S/c13-10-2-1-8(3-7(10)5-14)16-21(19,20)9-4-11(12(17)18)15-6-9/h1-4,6,15-16H,(H,17,18). The van der Waals surface area contributed by atoms with Gasteiger partial charge in [0.25, 0.3) is 10.0 Å². The number of nitriles is 1. The summed E-state index contributed by atoms with van der Waals surface area (Å²) >= 11 is 5.75. The third-order valence-corrected chi connectivity index (χ3v) is 4.23. The summed E-state index contributed by atoms with van der Waals surface area (Å²) in [6.45, 7) is 0. The highest BCUT2D eigenvalue weighted by atomic mass is 35.5. The lowest BCUT2D eigenvalue weighted by molar-refractivity contribution is 0.0691. The van der Waals surface area contributed by atoms with Crippen LogP contribution in [0.5, 0.6) is 0 Å². The first-order valence-corrected chi connectivity index (χ1v) is 7.34. The number of carbonyl (C=O) groups is 1. The van der Waals surface area contributed by atoms with Crippen LogP contribution in [0.2, 0.25) is 5.02 Å². The van der Waals surface area contributed by atoms with Crippen LogP contribution in [0.3, 0.4) is 0 Å². The molecule has 108 valence electrons. The lowest BCUT2D eigenvalue weighted by atomic mass is 10.2. The van der Waals surface area contributed by atoms with Crippen molar-refractivity contribution < 1.29 is 18.3 Å². The zero-order valence-corrected chi connectivity index (χ0v) is 11.9. The smallest absolute Gasteiger partial charge is 0.352 e. The van der Waals surface area contributed by atoms with E-state index in [4.69, 9.17) is 22.0 Å². The Morgan fingerprint density at radius 2 is 2.10 bits per heavy atom. The van der Waals surface area contributed by atoms with Gasteiger partial charge < -0.3 is 10.1 Å². The number of nitrogens with one attached hydrogen (secondary N) is 2. The molecular formula is C12H8ClN3O4S.